The van der Waals surface area contributed by atoms with Crippen molar-refractivity contribution in [3.63, 3.8) is 0 Å². The van der Waals surface area contributed by atoms with Gasteiger partial charge in [-0.15, -0.1) is 0 Å². The number of benzene rings is 1. The Balaban J connectivity index is 0.00000180. The van der Waals surface area contributed by atoms with Crippen molar-refractivity contribution >= 4 is 5.78 Å². The van der Waals surface area contributed by atoms with Crippen molar-refractivity contribution in [3.05, 3.63) is 35.9 Å². The molecule has 5 nitrogen and oxygen atoms in total. The number of hydrogen-bond donors (Lipinski definition) is 1. The Hall–Kier alpha value is -1.12. The minimum absolute atomic E-state index is 0. The SMILES string of the molecule is C=CC[N@@+]1(C)CC[C@]23c4c5ccc(O)c4OC2C(=O)CC[C@@]3(OC)C1C5.[I-]. The van der Waals surface area contributed by atoms with E-state index in [1.54, 1.807) is 13.2 Å². The third-order valence-electron chi connectivity index (χ3n) is 7.77. The first-order valence-electron chi connectivity index (χ1n) is 9.48. The fourth-order valence-corrected chi connectivity index (χ4v) is 6.73. The van der Waals surface area contributed by atoms with Gasteiger partial charge in [0, 0.05) is 31.9 Å². The Bertz CT molecular complexity index is 842. The summed E-state index contributed by atoms with van der Waals surface area (Å²) in [5, 5.41) is 10.4. The number of phenols is 1. The van der Waals surface area contributed by atoms with Crippen LogP contribution in [0.15, 0.2) is 24.8 Å². The number of carbonyl (C=O) groups excluding carboxylic acids is 1. The lowest BCUT2D eigenvalue weighted by molar-refractivity contribution is -0.944. The molecule has 2 aliphatic heterocycles. The van der Waals surface area contributed by atoms with E-state index in [2.05, 4.69) is 13.6 Å². The number of Topliss-reactive ketones (excluding diaryl/α,β-unsaturated/α-hetero) is 1. The molecular weight excluding hydrogens is 457 g/mol. The van der Waals surface area contributed by atoms with Gasteiger partial charge in [0.1, 0.15) is 11.6 Å². The molecule has 0 radical (unpaired) electrons. The number of piperidine rings is 1. The van der Waals surface area contributed by atoms with Crippen LogP contribution in [0.4, 0.5) is 0 Å². The third kappa shape index (κ3) is 1.99. The molecule has 5 rings (SSSR count). The van der Waals surface area contributed by atoms with Gasteiger partial charge in [-0.25, -0.2) is 0 Å². The Kier molecular flexibility index (Phi) is 4.22. The molecule has 146 valence electrons. The van der Waals surface area contributed by atoms with Gasteiger partial charge in [0.05, 0.1) is 25.6 Å². The molecule has 2 bridgehead atoms. The molecule has 0 amide bonds. The second-order valence-electron chi connectivity index (χ2n) is 8.62. The molecule has 1 saturated carbocycles. The minimum Gasteiger partial charge on any atom is -1.00 e. The number of rotatable bonds is 3. The predicted molar refractivity (Wildman–Crippen MR) is 96.4 cm³/mol. The Morgan fingerprint density at radius 3 is 2.93 bits per heavy atom. The van der Waals surface area contributed by atoms with Crippen LogP contribution in [0.3, 0.4) is 0 Å². The fourth-order valence-electron chi connectivity index (χ4n) is 6.73. The molecule has 1 aromatic carbocycles. The van der Waals surface area contributed by atoms with Crippen LogP contribution in [0.1, 0.15) is 30.4 Å². The van der Waals surface area contributed by atoms with Gasteiger partial charge in [0.15, 0.2) is 23.4 Å². The van der Waals surface area contributed by atoms with E-state index >= 15 is 0 Å². The van der Waals surface area contributed by atoms with Crippen LogP contribution in [0.5, 0.6) is 11.5 Å². The molecule has 4 aliphatic rings. The molecular formula is C21H26INO4. The van der Waals surface area contributed by atoms with Crippen molar-refractivity contribution in [3.8, 4) is 11.5 Å². The molecule has 2 unspecified atom stereocenters. The highest BCUT2D eigenvalue weighted by molar-refractivity contribution is 5.90. The number of hydrogen-bond acceptors (Lipinski definition) is 4. The van der Waals surface area contributed by atoms with Gasteiger partial charge in [0.25, 0.3) is 0 Å². The molecule has 2 aliphatic carbocycles. The molecule has 0 aromatic heterocycles. The van der Waals surface area contributed by atoms with E-state index in [1.165, 1.54) is 5.56 Å². The van der Waals surface area contributed by atoms with E-state index in [9.17, 15) is 9.90 Å². The maximum atomic E-state index is 12.9. The van der Waals surface area contributed by atoms with Crippen molar-refractivity contribution in [2.24, 2.45) is 0 Å². The molecule has 1 N–H and O–H groups in total. The number of ketones is 1. The number of halogens is 1. The van der Waals surface area contributed by atoms with E-state index in [4.69, 9.17) is 9.47 Å². The van der Waals surface area contributed by atoms with Crippen LogP contribution in [0.2, 0.25) is 0 Å². The lowest BCUT2D eigenvalue weighted by Crippen LogP contribution is -3.00. The first kappa shape index (κ1) is 19.2. The number of phenolic OH excluding ortho intramolecular Hbond substituents is 1. The predicted octanol–water partition coefficient (Wildman–Crippen LogP) is -0.896. The Morgan fingerprint density at radius 1 is 1.44 bits per heavy atom. The van der Waals surface area contributed by atoms with Gasteiger partial charge in [0.2, 0.25) is 0 Å². The highest BCUT2D eigenvalue weighted by atomic mass is 127. The van der Waals surface area contributed by atoms with Gasteiger partial charge in [-0.2, -0.15) is 0 Å². The number of likely N-dealkylation sites (N-methyl/N-ethyl adjacent to an activating group) is 1. The standard InChI is InChI=1S/C21H25NO4.HI/c1-4-10-22(2)11-9-20-17-13-5-6-14(23)18(17)26-19(20)15(24)7-8-21(20,25-3)16(22)12-13;/h4-6,16,19H,1,7-12H2,2-3H3;1H/t16?,19?,20-,21+,22-;/m0./s1. The molecule has 5 atom stereocenters. The monoisotopic (exact) mass is 483 g/mol. The van der Waals surface area contributed by atoms with Crippen molar-refractivity contribution in [2.75, 3.05) is 27.2 Å². The van der Waals surface area contributed by atoms with Gasteiger partial charge in [-0.05, 0) is 24.1 Å². The largest absolute Gasteiger partial charge is 1.00 e. The van der Waals surface area contributed by atoms with Gasteiger partial charge in [-0.1, -0.05) is 12.6 Å². The van der Waals surface area contributed by atoms with Crippen molar-refractivity contribution in [2.45, 2.75) is 48.8 Å². The molecule has 1 saturated heterocycles. The number of likely N-dealkylation sites (tertiary alicyclic amines) is 1. The fraction of sp³-hybridized carbons (Fsp3) is 0.571. The Labute approximate surface area is 176 Å². The first-order chi connectivity index (χ1) is 12.4. The summed E-state index contributed by atoms with van der Waals surface area (Å²) in [6, 6.07) is 3.96. The molecule has 2 fully saturated rings. The maximum Gasteiger partial charge on any atom is 0.174 e. The normalized spacial score (nSPS) is 40.6. The van der Waals surface area contributed by atoms with Crippen LogP contribution in [0, 0.1) is 0 Å². The molecule has 2 heterocycles. The summed E-state index contributed by atoms with van der Waals surface area (Å²) in [5.41, 5.74) is 1.30. The van der Waals surface area contributed by atoms with Crippen molar-refractivity contribution < 1.29 is 47.8 Å². The van der Waals surface area contributed by atoms with Crippen LogP contribution in [-0.2, 0) is 21.4 Å². The number of carbonyl (C=O) groups is 1. The zero-order valence-corrected chi connectivity index (χ0v) is 18.0. The summed E-state index contributed by atoms with van der Waals surface area (Å²) in [5.74, 6) is 0.792. The van der Waals surface area contributed by atoms with Crippen molar-refractivity contribution in [1.82, 2.24) is 0 Å². The first-order valence-corrected chi connectivity index (χ1v) is 9.48. The van der Waals surface area contributed by atoms with E-state index in [0.29, 0.717) is 18.6 Å². The van der Waals surface area contributed by atoms with Crippen LogP contribution in [-0.4, -0.2) is 60.4 Å². The molecule has 6 heteroatoms. The van der Waals surface area contributed by atoms with E-state index in [-0.39, 0.29) is 41.6 Å². The Morgan fingerprint density at radius 2 is 2.22 bits per heavy atom. The zero-order valence-electron chi connectivity index (χ0n) is 15.8. The lowest BCUT2D eigenvalue weighted by Gasteiger charge is -2.65. The third-order valence-corrected chi connectivity index (χ3v) is 7.77. The lowest BCUT2D eigenvalue weighted by atomic mass is 9.48. The van der Waals surface area contributed by atoms with E-state index in [0.717, 1.165) is 36.0 Å². The highest BCUT2D eigenvalue weighted by Gasteiger charge is 2.77. The maximum absolute atomic E-state index is 12.9. The number of nitrogens with zero attached hydrogens (tertiary/aromatic N) is 1. The molecule has 1 aromatic rings. The smallest absolute Gasteiger partial charge is 0.174 e. The van der Waals surface area contributed by atoms with Crippen LogP contribution < -0.4 is 28.7 Å². The van der Waals surface area contributed by atoms with E-state index in [1.807, 2.05) is 12.1 Å². The summed E-state index contributed by atoms with van der Waals surface area (Å²) < 4.78 is 13.4. The topological polar surface area (TPSA) is 55.8 Å². The van der Waals surface area contributed by atoms with Crippen LogP contribution >= 0.6 is 0 Å². The number of aromatic hydroxyl groups is 1. The number of quaternary nitrogens is 1. The highest BCUT2D eigenvalue weighted by Crippen LogP contribution is 2.66. The average molecular weight is 483 g/mol. The second-order valence-corrected chi connectivity index (χ2v) is 8.62. The summed E-state index contributed by atoms with van der Waals surface area (Å²) in [7, 11) is 4.07. The number of methoxy groups -OCH3 is 1. The van der Waals surface area contributed by atoms with Gasteiger partial charge < -0.3 is 43.0 Å². The summed E-state index contributed by atoms with van der Waals surface area (Å²) >= 11 is 0. The quantitative estimate of drug-likeness (QED) is 0.344. The molecule has 27 heavy (non-hydrogen) atoms. The summed E-state index contributed by atoms with van der Waals surface area (Å²) in [6.45, 7) is 5.81. The van der Waals surface area contributed by atoms with Crippen molar-refractivity contribution in [1.29, 1.82) is 0 Å². The molecule has 1 spiro atoms. The minimum atomic E-state index is -0.543. The summed E-state index contributed by atoms with van der Waals surface area (Å²) in [6.07, 6.45) is 4.32. The average Bonchev–Trinajstić information content (AvgIpc) is 2.99. The zero-order chi connectivity index (χ0) is 18.3. The van der Waals surface area contributed by atoms with Gasteiger partial charge >= 0.3 is 0 Å². The summed E-state index contributed by atoms with van der Waals surface area (Å²) in [4.78, 5) is 12.9. The number of ether oxygens (including phenoxy) is 2. The van der Waals surface area contributed by atoms with Gasteiger partial charge in [-0.3, -0.25) is 4.79 Å². The van der Waals surface area contributed by atoms with Crippen LogP contribution in [0.25, 0.3) is 0 Å². The second kappa shape index (κ2) is 5.94. The van der Waals surface area contributed by atoms with E-state index < -0.39 is 17.1 Å².